The maximum absolute atomic E-state index is 5.66. The predicted molar refractivity (Wildman–Crippen MR) is 72.5 cm³/mol. The Bertz CT molecular complexity index is 369. The summed E-state index contributed by atoms with van der Waals surface area (Å²) in [4.78, 5) is 4.26. The van der Waals surface area contributed by atoms with Crippen molar-refractivity contribution >= 4 is 0 Å². The van der Waals surface area contributed by atoms with Crippen LogP contribution in [0.5, 0.6) is 0 Å². The van der Waals surface area contributed by atoms with E-state index in [1.165, 1.54) is 18.5 Å². The minimum atomic E-state index is -0.0363. The fraction of sp³-hybridized carbons (Fsp3) is 0.786. The van der Waals surface area contributed by atoms with Crippen LogP contribution in [0.25, 0.3) is 0 Å². The molecule has 0 saturated heterocycles. The van der Waals surface area contributed by atoms with Gasteiger partial charge in [-0.1, -0.05) is 0 Å². The van der Waals surface area contributed by atoms with E-state index in [9.17, 15) is 0 Å². The Morgan fingerprint density at radius 2 is 2.28 bits per heavy atom. The van der Waals surface area contributed by atoms with Crippen LogP contribution < -0.4 is 5.32 Å². The lowest BCUT2D eigenvalue weighted by molar-refractivity contribution is 0.119. The van der Waals surface area contributed by atoms with Gasteiger partial charge < -0.3 is 14.6 Å². The smallest absolute Gasteiger partial charge is 0.0948 e. The van der Waals surface area contributed by atoms with Gasteiger partial charge in [-0.05, 0) is 46.1 Å². The number of nitrogens with one attached hydrogen (secondary N) is 1. The molecule has 2 rings (SSSR count). The summed E-state index contributed by atoms with van der Waals surface area (Å²) in [5, 5.41) is 3.32. The Kier molecular flexibility index (Phi) is 4.40. The molecule has 4 nitrogen and oxygen atoms in total. The first-order valence-corrected chi connectivity index (χ1v) is 6.91. The Hall–Kier alpha value is -0.870. The number of aromatic nitrogens is 2. The standard InChI is InChI=1S/C14H25N3O/c1-14(2,15-3)13-9-16-11-17(13)7-4-8-18-10-12-5-6-12/h9,11-12,15H,4-8,10H2,1-3H3. The summed E-state index contributed by atoms with van der Waals surface area (Å²) in [5.74, 6) is 0.858. The highest BCUT2D eigenvalue weighted by atomic mass is 16.5. The molecule has 0 amide bonds. The third kappa shape index (κ3) is 3.56. The molecule has 0 aromatic carbocycles. The van der Waals surface area contributed by atoms with Crippen molar-refractivity contribution in [3.63, 3.8) is 0 Å². The second-order valence-corrected chi connectivity index (χ2v) is 5.72. The van der Waals surface area contributed by atoms with Crippen LogP contribution in [0.4, 0.5) is 0 Å². The maximum atomic E-state index is 5.66. The second-order valence-electron chi connectivity index (χ2n) is 5.72. The molecule has 1 aliphatic rings. The molecule has 18 heavy (non-hydrogen) atoms. The zero-order valence-corrected chi connectivity index (χ0v) is 11.8. The zero-order valence-electron chi connectivity index (χ0n) is 11.8. The van der Waals surface area contributed by atoms with Crippen LogP contribution in [0.3, 0.4) is 0 Å². The zero-order chi connectivity index (χ0) is 13.0. The van der Waals surface area contributed by atoms with Gasteiger partial charge in [-0.2, -0.15) is 0 Å². The van der Waals surface area contributed by atoms with E-state index in [1.54, 1.807) is 0 Å². The Morgan fingerprint density at radius 1 is 1.50 bits per heavy atom. The van der Waals surface area contributed by atoms with Crippen molar-refractivity contribution in [1.82, 2.24) is 14.9 Å². The molecule has 4 heteroatoms. The van der Waals surface area contributed by atoms with Gasteiger partial charge in [0.15, 0.2) is 0 Å². The molecule has 0 unspecified atom stereocenters. The summed E-state index contributed by atoms with van der Waals surface area (Å²) in [6.45, 7) is 7.13. The molecule has 0 bridgehead atoms. The van der Waals surface area contributed by atoms with E-state index >= 15 is 0 Å². The molecule has 0 atom stereocenters. The van der Waals surface area contributed by atoms with Crippen molar-refractivity contribution in [2.45, 2.75) is 45.2 Å². The van der Waals surface area contributed by atoms with Gasteiger partial charge in [0.2, 0.25) is 0 Å². The third-order valence-corrected chi connectivity index (χ3v) is 3.72. The molecule has 1 fully saturated rings. The lowest BCUT2D eigenvalue weighted by Crippen LogP contribution is -2.35. The van der Waals surface area contributed by atoms with Gasteiger partial charge in [-0.3, -0.25) is 0 Å². The van der Waals surface area contributed by atoms with Gasteiger partial charge in [0, 0.05) is 26.0 Å². The molecule has 0 radical (unpaired) electrons. The van der Waals surface area contributed by atoms with Crippen LogP contribution in [0.2, 0.25) is 0 Å². The summed E-state index contributed by atoms with van der Waals surface area (Å²) >= 11 is 0. The lowest BCUT2D eigenvalue weighted by atomic mass is 10.0. The van der Waals surface area contributed by atoms with E-state index in [2.05, 4.69) is 28.7 Å². The van der Waals surface area contributed by atoms with Gasteiger partial charge in [0.05, 0.1) is 17.6 Å². The second kappa shape index (κ2) is 5.85. The van der Waals surface area contributed by atoms with Crippen LogP contribution in [-0.4, -0.2) is 29.8 Å². The molecular weight excluding hydrogens is 226 g/mol. The van der Waals surface area contributed by atoms with Crippen molar-refractivity contribution < 1.29 is 4.74 Å². The molecule has 102 valence electrons. The fourth-order valence-electron chi connectivity index (χ4n) is 2.02. The summed E-state index contributed by atoms with van der Waals surface area (Å²) in [6, 6.07) is 0. The summed E-state index contributed by atoms with van der Waals surface area (Å²) < 4.78 is 7.88. The normalized spacial score (nSPS) is 16.2. The van der Waals surface area contributed by atoms with E-state index in [0.717, 1.165) is 32.1 Å². The Morgan fingerprint density at radius 3 is 2.94 bits per heavy atom. The van der Waals surface area contributed by atoms with E-state index in [4.69, 9.17) is 4.74 Å². The van der Waals surface area contributed by atoms with Crippen molar-refractivity contribution in [3.8, 4) is 0 Å². The Labute approximate surface area is 110 Å². The molecule has 0 spiro atoms. The van der Waals surface area contributed by atoms with E-state index in [-0.39, 0.29) is 5.54 Å². The van der Waals surface area contributed by atoms with Crippen molar-refractivity contribution in [1.29, 1.82) is 0 Å². The molecule has 1 heterocycles. The minimum absolute atomic E-state index is 0.0363. The summed E-state index contributed by atoms with van der Waals surface area (Å²) in [5.41, 5.74) is 1.19. The van der Waals surface area contributed by atoms with E-state index < -0.39 is 0 Å². The highest BCUT2D eigenvalue weighted by Crippen LogP contribution is 2.28. The molecule has 1 aromatic rings. The van der Waals surface area contributed by atoms with Gasteiger partial charge in [0.25, 0.3) is 0 Å². The van der Waals surface area contributed by atoms with Crippen LogP contribution in [0.1, 0.15) is 38.8 Å². The van der Waals surface area contributed by atoms with Gasteiger partial charge >= 0.3 is 0 Å². The van der Waals surface area contributed by atoms with E-state index in [1.807, 2.05) is 19.6 Å². The first-order valence-electron chi connectivity index (χ1n) is 6.91. The SMILES string of the molecule is CNC(C)(C)c1cncn1CCCOCC1CC1. The molecular formula is C14H25N3O. The van der Waals surface area contributed by atoms with Crippen molar-refractivity contribution in [2.24, 2.45) is 5.92 Å². The van der Waals surface area contributed by atoms with Crippen LogP contribution in [0.15, 0.2) is 12.5 Å². The minimum Gasteiger partial charge on any atom is -0.381 e. The van der Waals surface area contributed by atoms with Crippen molar-refractivity contribution in [3.05, 3.63) is 18.2 Å². The molecule has 1 saturated carbocycles. The monoisotopic (exact) mass is 251 g/mol. The quantitative estimate of drug-likeness (QED) is 0.720. The first-order chi connectivity index (χ1) is 8.63. The fourth-order valence-corrected chi connectivity index (χ4v) is 2.02. The molecule has 0 aliphatic heterocycles. The Balaban J connectivity index is 1.76. The largest absolute Gasteiger partial charge is 0.381 e. The van der Waals surface area contributed by atoms with Crippen molar-refractivity contribution in [2.75, 3.05) is 20.3 Å². The maximum Gasteiger partial charge on any atom is 0.0948 e. The van der Waals surface area contributed by atoms with Crippen LogP contribution >= 0.6 is 0 Å². The van der Waals surface area contributed by atoms with Crippen LogP contribution in [0, 0.1) is 5.92 Å². The van der Waals surface area contributed by atoms with E-state index in [0.29, 0.717) is 0 Å². The lowest BCUT2D eigenvalue weighted by Gasteiger charge is -2.25. The molecule has 1 N–H and O–H groups in total. The molecule has 1 aliphatic carbocycles. The molecule has 1 aromatic heterocycles. The number of hydrogen-bond acceptors (Lipinski definition) is 3. The predicted octanol–water partition coefficient (Wildman–Crippen LogP) is 2.15. The summed E-state index contributed by atoms with van der Waals surface area (Å²) in [7, 11) is 1.98. The highest BCUT2D eigenvalue weighted by Gasteiger charge is 2.22. The van der Waals surface area contributed by atoms with Gasteiger partial charge in [0.1, 0.15) is 0 Å². The van der Waals surface area contributed by atoms with Gasteiger partial charge in [-0.15, -0.1) is 0 Å². The third-order valence-electron chi connectivity index (χ3n) is 3.72. The number of nitrogens with zero attached hydrogens (tertiary/aromatic N) is 2. The average Bonchev–Trinajstić information content (AvgIpc) is 3.05. The number of ether oxygens (including phenoxy) is 1. The highest BCUT2D eigenvalue weighted by molar-refractivity contribution is 5.10. The number of rotatable bonds is 8. The number of aryl methyl sites for hydroxylation is 1. The average molecular weight is 251 g/mol. The topological polar surface area (TPSA) is 39.1 Å². The first kappa shape index (κ1) is 13.6. The summed E-state index contributed by atoms with van der Waals surface area (Å²) in [6.07, 6.45) is 7.64. The number of imidazole rings is 1. The van der Waals surface area contributed by atoms with Crippen LogP contribution in [-0.2, 0) is 16.8 Å². The number of hydrogen-bond donors (Lipinski definition) is 1. The van der Waals surface area contributed by atoms with Gasteiger partial charge in [-0.25, -0.2) is 4.98 Å².